The van der Waals surface area contributed by atoms with Crippen molar-refractivity contribution in [3.05, 3.63) is 0 Å². The van der Waals surface area contributed by atoms with Gasteiger partial charge in [-0.25, -0.2) is 0 Å². The molecule has 0 saturated heterocycles. The molecule has 2 heteroatoms. The van der Waals surface area contributed by atoms with Crippen LogP contribution in [0.15, 0.2) is 0 Å². The lowest BCUT2D eigenvalue weighted by Gasteiger charge is -2.22. The first-order chi connectivity index (χ1) is 5.60. The van der Waals surface area contributed by atoms with Crippen LogP contribution < -0.4 is 0 Å². The van der Waals surface area contributed by atoms with Gasteiger partial charge in [0.05, 0.1) is 0 Å². The summed E-state index contributed by atoms with van der Waals surface area (Å²) in [5.41, 5.74) is 0. The van der Waals surface area contributed by atoms with Gasteiger partial charge in [-0.15, -0.1) is 11.6 Å². The Balaban J connectivity index is 3.51. The van der Waals surface area contributed by atoms with E-state index in [9.17, 15) is 0 Å². The van der Waals surface area contributed by atoms with E-state index in [2.05, 4.69) is 32.7 Å². The number of hydrogen-bond donors (Lipinski definition) is 0. The fraction of sp³-hybridized carbons (Fsp3) is 1.00. The average Bonchev–Trinajstić information content (AvgIpc) is 2.03. The second-order valence-electron chi connectivity index (χ2n) is 3.99. The molecule has 12 heavy (non-hydrogen) atoms. The van der Waals surface area contributed by atoms with Gasteiger partial charge < -0.3 is 4.90 Å². The highest BCUT2D eigenvalue weighted by molar-refractivity contribution is 6.18. The van der Waals surface area contributed by atoms with Crippen molar-refractivity contribution in [1.82, 2.24) is 4.90 Å². The van der Waals surface area contributed by atoms with Gasteiger partial charge in [-0.2, -0.15) is 0 Å². The van der Waals surface area contributed by atoms with E-state index >= 15 is 0 Å². The fourth-order valence-electron chi connectivity index (χ4n) is 1.32. The Morgan fingerprint density at radius 3 is 2.08 bits per heavy atom. The first-order valence-corrected chi connectivity index (χ1v) is 5.38. The largest absolute Gasteiger partial charge is 0.306 e. The van der Waals surface area contributed by atoms with Crippen LogP contribution in [0.25, 0.3) is 0 Å². The van der Waals surface area contributed by atoms with Crippen molar-refractivity contribution in [3.8, 4) is 0 Å². The molecule has 1 nitrogen and oxygen atoms in total. The van der Waals surface area contributed by atoms with Crippen LogP contribution in [0, 0.1) is 11.8 Å². The summed E-state index contributed by atoms with van der Waals surface area (Å²) in [7, 11) is 2.18. The lowest BCUT2D eigenvalue weighted by molar-refractivity contribution is 0.256. The Bertz CT molecular complexity index is 94.0. The zero-order chi connectivity index (χ0) is 9.56. The standard InChI is InChI=1S/C10H22ClN/c1-5-9(2)7-12(4)8-10(3)6-11/h9-10H,5-8H2,1-4H3. The van der Waals surface area contributed by atoms with Crippen molar-refractivity contribution >= 4 is 11.6 Å². The zero-order valence-electron chi connectivity index (χ0n) is 8.81. The van der Waals surface area contributed by atoms with E-state index in [1.165, 1.54) is 13.0 Å². The lowest BCUT2D eigenvalue weighted by atomic mass is 10.1. The second kappa shape index (κ2) is 6.73. The highest BCUT2D eigenvalue weighted by Gasteiger charge is 2.07. The van der Waals surface area contributed by atoms with Gasteiger partial charge in [-0.1, -0.05) is 27.2 Å². The zero-order valence-corrected chi connectivity index (χ0v) is 9.56. The van der Waals surface area contributed by atoms with Crippen molar-refractivity contribution in [3.63, 3.8) is 0 Å². The monoisotopic (exact) mass is 191 g/mol. The maximum Gasteiger partial charge on any atom is 0.0261 e. The molecule has 0 saturated carbocycles. The molecule has 0 N–H and O–H groups in total. The third-order valence-corrected chi connectivity index (χ3v) is 2.73. The number of alkyl halides is 1. The van der Waals surface area contributed by atoms with Gasteiger partial charge in [0.15, 0.2) is 0 Å². The van der Waals surface area contributed by atoms with Crippen molar-refractivity contribution in [1.29, 1.82) is 0 Å². The normalized spacial score (nSPS) is 16.5. The summed E-state index contributed by atoms with van der Waals surface area (Å²) in [6.07, 6.45) is 1.26. The molecule has 0 radical (unpaired) electrons. The maximum absolute atomic E-state index is 5.74. The minimum atomic E-state index is 0.612. The number of hydrogen-bond acceptors (Lipinski definition) is 1. The molecule has 0 aromatic carbocycles. The first kappa shape index (κ1) is 12.2. The molecule has 74 valence electrons. The van der Waals surface area contributed by atoms with E-state index in [-0.39, 0.29) is 0 Å². The average molecular weight is 192 g/mol. The molecule has 0 spiro atoms. The van der Waals surface area contributed by atoms with Crippen molar-refractivity contribution in [2.45, 2.75) is 27.2 Å². The maximum atomic E-state index is 5.74. The van der Waals surface area contributed by atoms with Gasteiger partial charge in [0.1, 0.15) is 0 Å². The molecular weight excluding hydrogens is 170 g/mol. The number of rotatable bonds is 6. The summed E-state index contributed by atoms with van der Waals surface area (Å²) in [6, 6.07) is 0. The molecule has 0 rings (SSSR count). The summed E-state index contributed by atoms with van der Waals surface area (Å²) in [6.45, 7) is 9.04. The van der Waals surface area contributed by atoms with Gasteiger partial charge in [0, 0.05) is 19.0 Å². The summed E-state index contributed by atoms with van der Waals surface area (Å²) < 4.78 is 0. The van der Waals surface area contributed by atoms with Crippen molar-refractivity contribution in [2.24, 2.45) is 11.8 Å². The molecule has 0 aliphatic carbocycles. The molecule has 0 aliphatic rings. The smallest absolute Gasteiger partial charge is 0.0261 e. The summed E-state index contributed by atoms with van der Waals surface area (Å²) >= 11 is 5.74. The minimum absolute atomic E-state index is 0.612. The highest BCUT2D eigenvalue weighted by Crippen LogP contribution is 2.06. The SMILES string of the molecule is CCC(C)CN(C)CC(C)CCl. The van der Waals surface area contributed by atoms with Crippen molar-refractivity contribution < 1.29 is 0 Å². The molecule has 0 amide bonds. The van der Waals surface area contributed by atoms with Crippen LogP contribution in [-0.4, -0.2) is 30.9 Å². The van der Waals surface area contributed by atoms with Crippen LogP contribution in [0.2, 0.25) is 0 Å². The molecule has 0 fully saturated rings. The van der Waals surface area contributed by atoms with Gasteiger partial charge >= 0.3 is 0 Å². The Hall–Kier alpha value is 0.250. The van der Waals surface area contributed by atoms with Gasteiger partial charge in [0.2, 0.25) is 0 Å². The molecule has 2 unspecified atom stereocenters. The third-order valence-electron chi connectivity index (χ3n) is 2.21. The molecule has 0 aromatic rings. The van der Waals surface area contributed by atoms with E-state index < -0.39 is 0 Å². The van der Waals surface area contributed by atoms with Crippen molar-refractivity contribution in [2.75, 3.05) is 26.0 Å². The van der Waals surface area contributed by atoms with Crippen LogP contribution in [0.5, 0.6) is 0 Å². The Kier molecular flexibility index (Phi) is 6.87. The molecule has 0 bridgehead atoms. The summed E-state index contributed by atoms with van der Waals surface area (Å²) in [5.74, 6) is 2.18. The molecule has 0 aliphatic heterocycles. The van der Waals surface area contributed by atoms with Gasteiger partial charge in [-0.05, 0) is 18.9 Å². The third kappa shape index (κ3) is 5.84. The fourth-order valence-corrected chi connectivity index (χ4v) is 1.41. The lowest BCUT2D eigenvalue weighted by Crippen LogP contribution is -2.29. The van der Waals surface area contributed by atoms with Crippen LogP contribution in [0.4, 0.5) is 0 Å². The Labute approximate surface area is 82.1 Å². The van der Waals surface area contributed by atoms with E-state index in [0.717, 1.165) is 18.3 Å². The topological polar surface area (TPSA) is 3.24 Å². The highest BCUT2D eigenvalue weighted by atomic mass is 35.5. The Morgan fingerprint density at radius 1 is 1.17 bits per heavy atom. The predicted octanol–water partition coefficient (Wildman–Crippen LogP) is 2.84. The van der Waals surface area contributed by atoms with Gasteiger partial charge in [-0.3, -0.25) is 0 Å². The first-order valence-electron chi connectivity index (χ1n) is 4.84. The van der Waals surface area contributed by atoms with Gasteiger partial charge in [0.25, 0.3) is 0 Å². The van der Waals surface area contributed by atoms with Crippen LogP contribution in [0.1, 0.15) is 27.2 Å². The Morgan fingerprint density at radius 2 is 1.67 bits per heavy atom. The summed E-state index contributed by atoms with van der Waals surface area (Å²) in [5, 5.41) is 0. The molecule has 2 atom stereocenters. The van der Waals surface area contributed by atoms with E-state index in [1.807, 2.05) is 0 Å². The predicted molar refractivity (Wildman–Crippen MR) is 56.8 cm³/mol. The van der Waals surface area contributed by atoms with Crippen LogP contribution in [0.3, 0.4) is 0 Å². The van der Waals surface area contributed by atoms with Crippen LogP contribution >= 0.6 is 11.6 Å². The van der Waals surface area contributed by atoms with E-state index in [4.69, 9.17) is 11.6 Å². The van der Waals surface area contributed by atoms with E-state index in [0.29, 0.717) is 5.92 Å². The minimum Gasteiger partial charge on any atom is -0.306 e. The second-order valence-corrected chi connectivity index (χ2v) is 4.30. The summed E-state index contributed by atoms with van der Waals surface area (Å²) in [4.78, 5) is 2.38. The van der Waals surface area contributed by atoms with E-state index in [1.54, 1.807) is 0 Å². The number of halogens is 1. The molecular formula is C10H22ClN. The van der Waals surface area contributed by atoms with Crippen LogP contribution in [-0.2, 0) is 0 Å². The quantitative estimate of drug-likeness (QED) is 0.584. The molecule has 0 heterocycles. The molecule has 0 aromatic heterocycles. The number of nitrogens with zero attached hydrogens (tertiary/aromatic N) is 1.